The van der Waals surface area contributed by atoms with Crippen molar-refractivity contribution in [1.29, 1.82) is 0 Å². The molecule has 0 aliphatic heterocycles. The Morgan fingerprint density at radius 3 is 2.08 bits per heavy atom. The number of carbonyl (C=O) groups is 1. The molecule has 0 saturated heterocycles. The zero-order chi connectivity index (χ0) is 18.4. The maximum Gasteiger partial charge on any atom is 0.323 e. The molecule has 0 saturated carbocycles. The summed E-state index contributed by atoms with van der Waals surface area (Å²) in [5.74, 6) is 1.23. The molecule has 5 nitrogen and oxygen atoms in total. The van der Waals surface area contributed by atoms with Crippen LogP contribution in [-0.2, 0) is 0 Å². The lowest BCUT2D eigenvalue weighted by Crippen LogP contribution is -2.19. The highest BCUT2D eigenvalue weighted by molar-refractivity contribution is 5.99. The third kappa shape index (κ3) is 4.83. The van der Waals surface area contributed by atoms with Gasteiger partial charge in [0.05, 0.1) is 11.9 Å². The molecule has 5 heteroatoms. The van der Waals surface area contributed by atoms with Gasteiger partial charge >= 0.3 is 6.03 Å². The molecule has 0 radical (unpaired) electrons. The van der Waals surface area contributed by atoms with Gasteiger partial charge in [0.2, 0.25) is 0 Å². The number of nitrogens with one attached hydrogen (secondary N) is 3. The maximum absolute atomic E-state index is 12.0. The first-order valence-electron chi connectivity index (χ1n) is 8.56. The van der Waals surface area contributed by atoms with Gasteiger partial charge in [-0.2, -0.15) is 0 Å². The predicted octanol–water partition coefficient (Wildman–Crippen LogP) is 5.59. The molecule has 0 unspecified atom stereocenters. The van der Waals surface area contributed by atoms with Crippen molar-refractivity contribution in [3.63, 3.8) is 0 Å². The summed E-state index contributed by atoms with van der Waals surface area (Å²) in [5, 5.41) is 8.78. The summed E-state index contributed by atoms with van der Waals surface area (Å²) in [7, 11) is 0. The first kappa shape index (κ1) is 17.5. The van der Waals surface area contributed by atoms with Crippen LogP contribution in [-0.4, -0.2) is 11.0 Å². The highest BCUT2D eigenvalue weighted by atomic mass is 16.2. The molecule has 1 heterocycles. The number of aromatic nitrogens is 1. The van der Waals surface area contributed by atoms with E-state index in [0.29, 0.717) is 11.6 Å². The average molecular weight is 346 g/mol. The Morgan fingerprint density at radius 1 is 0.808 bits per heavy atom. The van der Waals surface area contributed by atoms with Crippen LogP contribution in [0.4, 0.5) is 27.7 Å². The topological polar surface area (TPSA) is 66.0 Å². The summed E-state index contributed by atoms with van der Waals surface area (Å²) < 4.78 is 0. The first-order valence-corrected chi connectivity index (χ1v) is 8.56. The van der Waals surface area contributed by atoms with E-state index in [1.54, 1.807) is 6.20 Å². The van der Waals surface area contributed by atoms with E-state index >= 15 is 0 Å². The van der Waals surface area contributed by atoms with Gasteiger partial charge in [0.25, 0.3) is 0 Å². The molecule has 3 rings (SSSR count). The third-order valence-corrected chi connectivity index (χ3v) is 3.90. The quantitative estimate of drug-likeness (QED) is 0.564. The van der Waals surface area contributed by atoms with Crippen LogP contribution in [0, 0.1) is 0 Å². The Bertz CT molecular complexity index is 843. The van der Waals surface area contributed by atoms with Gasteiger partial charge < -0.3 is 16.0 Å². The van der Waals surface area contributed by atoms with Crippen LogP contribution in [0.15, 0.2) is 72.9 Å². The number of amides is 2. The fraction of sp³-hybridized carbons (Fsp3) is 0.143. The number of carbonyl (C=O) groups excluding carboxylic acids is 1. The molecule has 0 spiro atoms. The molecule has 3 aromatic rings. The van der Waals surface area contributed by atoms with Crippen LogP contribution >= 0.6 is 0 Å². The van der Waals surface area contributed by atoms with Gasteiger partial charge in [0.1, 0.15) is 5.82 Å². The Kier molecular flexibility index (Phi) is 5.49. The summed E-state index contributed by atoms with van der Waals surface area (Å²) in [4.78, 5) is 16.3. The monoisotopic (exact) mass is 346 g/mol. The van der Waals surface area contributed by atoms with Crippen molar-refractivity contribution in [2.45, 2.75) is 19.8 Å². The third-order valence-electron chi connectivity index (χ3n) is 3.90. The number of urea groups is 1. The molecule has 0 aliphatic carbocycles. The molecular formula is C21H22N4O. The summed E-state index contributed by atoms with van der Waals surface area (Å²) in [5.41, 5.74) is 3.64. The fourth-order valence-corrected chi connectivity index (χ4v) is 2.46. The molecule has 1 aromatic heterocycles. The van der Waals surface area contributed by atoms with Crippen molar-refractivity contribution in [2.75, 3.05) is 16.0 Å². The molecule has 132 valence electrons. The largest absolute Gasteiger partial charge is 0.340 e. The van der Waals surface area contributed by atoms with Crippen molar-refractivity contribution >= 4 is 28.9 Å². The standard InChI is InChI=1S/C21H22N4O/c1-15(2)16-8-10-18(11-9-16)23-20-13-12-19(14-22-20)25-21(26)24-17-6-4-3-5-7-17/h3-15H,1-2H3,(H,22,23)(H2,24,25,26). The van der Waals surface area contributed by atoms with E-state index in [2.05, 4.69) is 46.9 Å². The fourth-order valence-electron chi connectivity index (χ4n) is 2.46. The zero-order valence-electron chi connectivity index (χ0n) is 14.9. The molecule has 26 heavy (non-hydrogen) atoms. The molecule has 0 atom stereocenters. The number of hydrogen-bond acceptors (Lipinski definition) is 3. The Labute approximate surface area is 153 Å². The second-order valence-corrected chi connectivity index (χ2v) is 6.28. The van der Waals surface area contributed by atoms with E-state index in [1.165, 1.54) is 5.56 Å². The molecular weight excluding hydrogens is 324 g/mol. The summed E-state index contributed by atoms with van der Waals surface area (Å²) in [6.45, 7) is 4.34. The lowest BCUT2D eigenvalue weighted by Gasteiger charge is -2.10. The number of pyridine rings is 1. The Hall–Kier alpha value is -3.34. The van der Waals surface area contributed by atoms with Crippen molar-refractivity contribution in [3.05, 3.63) is 78.5 Å². The van der Waals surface area contributed by atoms with E-state index in [9.17, 15) is 4.79 Å². The zero-order valence-corrected chi connectivity index (χ0v) is 14.9. The second-order valence-electron chi connectivity index (χ2n) is 6.28. The first-order chi connectivity index (χ1) is 12.6. The maximum atomic E-state index is 12.0. The normalized spacial score (nSPS) is 10.4. The molecule has 0 aliphatic rings. The van der Waals surface area contributed by atoms with E-state index in [0.717, 1.165) is 17.2 Å². The smallest absolute Gasteiger partial charge is 0.323 e. The molecule has 2 aromatic carbocycles. The van der Waals surface area contributed by atoms with Gasteiger partial charge in [0, 0.05) is 11.4 Å². The Morgan fingerprint density at radius 2 is 1.46 bits per heavy atom. The van der Waals surface area contributed by atoms with Crippen molar-refractivity contribution in [2.24, 2.45) is 0 Å². The van der Waals surface area contributed by atoms with E-state index in [4.69, 9.17) is 0 Å². The summed E-state index contributed by atoms with van der Waals surface area (Å²) in [6.07, 6.45) is 1.62. The van der Waals surface area contributed by atoms with Gasteiger partial charge in [-0.1, -0.05) is 44.2 Å². The highest BCUT2D eigenvalue weighted by Gasteiger charge is 2.04. The van der Waals surface area contributed by atoms with Gasteiger partial charge in [-0.3, -0.25) is 0 Å². The van der Waals surface area contributed by atoms with E-state index in [-0.39, 0.29) is 6.03 Å². The molecule has 2 amide bonds. The number of benzene rings is 2. The van der Waals surface area contributed by atoms with Crippen LogP contribution < -0.4 is 16.0 Å². The minimum atomic E-state index is -0.303. The van der Waals surface area contributed by atoms with Crippen molar-refractivity contribution in [1.82, 2.24) is 4.98 Å². The van der Waals surface area contributed by atoms with Crippen LogP contribution in [0.3, 0.4) is 0 Å². The van der Waals surface area contributed by atoms with E-state index in [1.807, 2.05) is 54.6 Å². The van der Waals surface area contributed by atoms with E-state index < -0.39 is 0 Å². The molecule has 0 fully saturated rings. The summed E-state index contributed by atoms with van der Waals surface area (Å²) in [6, 6.07) is 20.9. The number of rotatable bonds is 5. The highest BCUT2D eigenvalue weighted by Crippen LogP contribution is 2.20. The second kappa shape index (κ2) is 8.16. The van der Waals surface area contributed by atoms with Crippen LogP contribution in [0.25, 0.3) is 0 Å². The molecule has 3 N–H and O–H groups in total. The minimum absolute atomic E-state index is 0.303. The number of para-hydroxylation sites is 1. The Balaban J connectivity index is 1.57. The van der Waals surface area contributed by atoms with Crippen LogP contribution in [0.5, 0.6) is 0 Å². The van der Waals surface area contributed by atoms with Crippen molar-refractivity contribution < 1.29 is 4.79 Å². The number of anilines is 4. The van der Waals surface area contributed by atoms with Gasteiger partial charge in [-0.15, -0.1) is 0 Å². The SMILES string of the molecule is CC(C)c1ccc(Nc2ccc(NC(=O)Nc3ccccc3)cn2)cc1. The van der Waals surface area contributed by atoms with Gasteiger partial charge in [-0.25, -0.2) is 9.78 Å². The lowest BCUT2D eigenvalue weighted by molar-refractivity contribution is 0.262. The van der Waals surface area contributed by atoms with Gasteiger partial charge in [0.15, 0.2) is 0 Å². The molecule has 0 bridgehead atoms. The minimum Gasteiger partial charge on any atom is -0.340 e. The average Bonchev–Trinajstić information content (AvgIpc) is 2.64. The summed E-state index contributed by atoms with van der Waals surface area (Å²) >= 11 is 0. The number of nitrogens with zero attached hydrogens (tertiary/aromatic N) is 1. The van der Waals surface area contributed by atoms with Crippen molar-refractivity contribution in [3.8, 4) is 0 Å². The predicted molar refractivity (Wildman–Crippen MR) is 107 cm³/mol. The lowest BCUT2D eigenvalue weighted by atomic mass is 10.0. The number of hydrogen-bond donors (Lipinski definition) is 3. The van der Waals surface area contributed by atoms with Gasteiger partial charge in [-0.05, 0) is 47.9 Å². The van der Waals surface area contributed by atoms with Crippen LogP contribution in [0.2, 0.25) is 0 Å². The van der Waals surface area contributed by atoms with Crippen LogP contribution in [0.1, 0.15) is 25.3 Å².